The van der Waals surface area contributed by atoms with Gasteiger partial charge in [0.25, 0.3) is 0 Å². The zero-order valence-corrected chi connectivity index (χ0v) is 8.72. The van der Waals surface area contributed by atoms with Crippen molar-refractivity contribution in [3.8, 4) is 0 Å². The Kier molecular flexibility index (Phi) is 2.30. The molecule has 0 spiro atoms. The van der Waals surface area contributed by atoms with Crippen molar-refractivity contribution >= 4 is 11.5 Å². The number of rotatable bonds is 3. The molecule has 8 heteroatoms. The van der Waals surface area contributed by atoms with Crippen LogP contribution < -0.4 is 5.32 Å². The number of nitrogens with zero attached hydrogens (tertiary/aromatic N) is 7. The normalized spacial score (nSPS) is 10.6. The fraction of sp³-hybridized carbons (Fsp3) is 0.111. The molecule has 3 rings (SSSR count). The highest BCUT2D eigenvalue weighted by molar-refractivity contribution is 5.43. The zero-order chi connectivity index (χ0) is 11.5. The first kappa shape index (κ1) is 9.58. The third-order valence-corrected chi connectivity index (χ3v) is 2.19. The number of aromatic nitrogens is 7. The van der Waals surface area contributed by atoms with Crippen LogP contribution in [0.15, 0.2) is 30.7 Å². The molecule has 8 nitrogen and oxygen atoms in total. The molecule has 0 radical (unpaired) electrons. The molecule has 3 aromatic heterocycles. The Morgan fingerprint density at radius 2 is 2.24 bits per heavy atom. The standard InChI is InChI=1S/C9H8N8/c1-2-7(13-12-3-1)4-11-8-5-10-6-9-14-15-16-17(8)9/h1-3,5-6,11H,4H2. The van der Waals surface area contributed by atoms with Crippen LogP contribution in [0.3, 0.4) is 0 Å². The molecule has 0 aliphatic rings. The molecule has 0 fully saturated rings. The fourth-order valence-corrected chi connectivity index (χ4v) is 1.40. The molecule has 0 aliphatic heterocycles. The van der Waals surface area contributed by atoms with Gasteiger partial charge in [-0.1, -0.05) is 0 Å². The van der Waals surface area contributed by atoms with Crippen LogP contribution in [0.4, 0.5) is 5.82 Å². The smallest absolute Gasteiger partial charge is 0.199 e. The van der Waals surface area contributed by atoms with Crippen LogP contribution in [0, 0.1) is 0 Å². The summed E-state index contributed by atoms with van der Waals surface area (Å²) in [5.74, 6) is 0.707. The highest BCUT2D eigenvalue weighted by Gasteiger charge is 2.03. The van der Waals surface area contributed by atoms with Gasteiger partial charge in [0.1, 0.15) is 0 Å². The quantitative estimate of drug-likeness (QED) is 0.670. The topological polar surface area (TPSA) is 93.8 Å². The maximum absolute atomic E-state index is 4.04. The largest absolute Gasteiger partial charge is 0.363 e. The molecule has 0 aliphatic carbocycles. The number of tetrazole rings is 1. The van der Waals surface area contributed by atoms with Crippen molar-refractivity contribution < 1.29 is 0 Å². The Bertz CT molecular complexity index is 619. The summed E-state index contributed by atoms with van der Waals surface area (Å²) < 4.78 is 1.57. The zero-order valence-electron chi connectivity index (χ0n) is 8.72. The molecule has 0 aromatic carbocycles. The Balaban J connectivity index is 1.84. The van der Waals surface area contributed by atoms with Crippen molar-refractivity contribution in [2.75, 3.05) is 5.32 Å². The molecule has 17 heavy (non-hydrogen) atoms. The molecule has 0 unspecified atom stereocenters. The van der Waals surface area contributed by atoms with E-state index in [9.17, 15) is 0 Å². The van der Waals surface area contributed by atoms with Gasteiger partial charge >= 0.3 is 0 Å². The van der Waals surface area contributed by atoms with Gasteiger partial charge in [-0.05, 0) is 22.6 Å². The first-order chi connectivity index (χ1) is 8.43. The lowest BCUT2D eigenvalue weighted by molar-refractivity contribution is 0.815. The van der Waals surface area contributed by atoms with Gasteiger partial charge < -0.3 is 5.32 Å². The van der Waals surface area contributed by atoms with Crippen LogP contribution >= 0.6 is 0 Å². The van der Waals surface area contributed by atoms with E-state index < -0.39 is 0 Å². The van der Waals surface area contributed by atoms with Crippen LogP contribution in [0.2, 0.25) is 0 Å². The van der Waals surface area contributed by atoms with Crippen molar-refractivity contribution in [2.45, 2.75) is 6.54 Å². The van der Waals surface area contributed by atoms with Crippen molar-refractivity contribution in [3.63, 3.8) is 0 Å². The van der Waals surface area contributed by atoms with E-state index in [1.54, 1.807) is 23.1 Å². The minimum atomic E-state index is 0.536. The van der Waals surface area contributed by atoms with E-state index in [2.05, 4.69) is 36.0 Å². The van der Waals surface area contributed by atoms with E-state index in [0.29, 0.717) is 18.0 Å². The van der Waals surface area contributed by atoms with E-state index in [1.807, 2.05) is 12.1 Å². The summed E-state index contributed by atoms with van der Waals surface area (Å²) in [5, 5.41) is 22.1. The summed E-state index contributed by atoms with van der Waals surface area (Å²) in [6.45, 7) is 0.536. The van der Waals surface area contributed by atoms with Gasteiger partial charge in [0.15, 0.2) is 11.5 Å². The molecule has 0 amide bonds. The predicted octanol–water partition coefficient (Wildman–Crippen LogP) is -0.0786. The first-order valence-corrected chi connectivity index (χ1v) is 4.96. The molecule has 0 atom stereocenters. The summed E-state index contributed by atoms with van der Waals surface area (Å²) in [6, 6.07) is 3.72. The van der Waals surface area contributed by atoms with Gasteiger partial charge in [0, 0.05) is 6.20 Å². The molecule has 0 saturated heterocycles. The number of hydrogen-bond donors (Lipinski definition) is 1. The van der Waals surface area contributed by atoms with Crippen LogP contribution in [-0.2, 0) is 6.54 Å². The lowest BCUT2D eigenvalue weighted by Gasteiger charge is -2.05. The Morgan fingerprint density at radius 3 is 3.12 bits per heavy atom. The Morgan fingerprint density at radius 1 is 1.24 bits per heavy atom. The number of anilines is 1. The number of hydrogen-bond acceptors (Lipinski definition) is 7. The van der Waals surface area contributed by atoms with Crippen LogP contribution in [0.25, 0.3) is 5.65 Å². The Hall–Kier alpha value is -2.64. The third kappa shape index (κ3) is 1.87. The monoisotopic (exact) mass is 228 g/mol. The van der Waals surface area contributed by atoms with E-state index >= 15 is 0 Å². The summed E-state index contributed by atoms with van der Waals surface area (Å²) in [7, 11) is 0. The third-order valence-electron chi connectivity index (χ3n) is 2.19. The van der Waals surface area contributed by atoms with E-state index in [1.165, 1.54) is 0 Å². The molecular formula is C9H8N8. The van der Waals surface area contributed by atoms with E-state index in [-0.39, 0.29) is 0 Å². The van der Waals surface area contributed by atoms with Gasteiger partial charge in [-0.3, -0.25) is 4.98 Å². The average molecular weight is 228 g/mol. The van der Waals surface area contributed by atoms with Crippen molar-refractivity contribution in [1.82, 2.24) is 35.2 Å². The summed E-state index contributed by atoms with van der Waals surface area (Å²) in [5.41, 5.74) is 1.42. The van der Waals surface area contributed by atoms with Gasteiger partial charge in [0.05, 0.1) is 24.6 Å². The summed E-state index contributed by atoms with van der Waals surface area (Å²) >= 11 is 0. The first-order valence-electron chi connectivity index (χ1n) is 4.96. The predicted molar refractivity (Wildman–Crippen MR) is 57.9 cm³/mol. The minimum absolute atomic E-state index is 0.536. The average Bonchev–Trinajstić information content (AvgIpc) is 2.86. The van der Waals surface area contributed by atoms with Crippen LogP contribution in [0.5, 0.6) is 0 Å². The maximum atomic E-state index is 4.04. The number of nitrogens with one attached hydrogen (secondary N) is 1. The highest BCUT2D eigenvalue weighted by atomic mass is 15.5. The molecule has 1 N–H and O–H groups in total. The highest BCUT2D eigenvalue weighted by Crippen LogP contribution is 2.06. The number of fused-ring (bicyclic) bond motifs is 1. The second kappa shape index (κ2) is 4.08. The molecule has 0 saturated carbocycles. The molecule has 84 valence electrons. The minimum Gasteiger partial charge on any atom is -0.363 e. The lowest BCUT2D eigenvalue weighted by atomic mass is 10.4. The summed E-state index contributed by atoms with van der Waals surface area (Å²) in [6.07, 6.45) is 4.88. The van der Waals surface area contributed by atoms with Crippen molar-refractivity contribution in [2.24, 2.45) is 0 Å². The maximum Gasteiger partial charge on any atom is 0.199 e. The van der Waals surface area contributed by atoms with Gasteiger partial charge in [-0.2, -0.15) is 14.7 Å². The van der Waals surface area contributed by atoms with Crippen LogP contribution in [0.1, 0.15) is 5.69 Å². The van der Waals surface area contributed by atoms with E-state index in [4.69, 9.17) is 0 Å². The summed E-state index contributed by atoms with van der Waals surface area (Å²) in [4.78, 5) is 4.04. The van der Waals surface area contributed by atoms with Gasteiger partial charge in [-0.15, -0.1) is 5.10 Å². The fourth-order valence-electron chi connectivity index (χ4n) is 1.40. The second-order valence-corrected chi connectivity index (χ2v) is 3.31. The Labute approximate surface area is 95.7 Å². The van der Waals surface area contributed by atoms with Crippen LogP contribution in [-0.4, -0.2) is 35.2 Å². The van der Waals surface area contributed by atoms with Gasteiger partial charge in [0.2, 0.25) is 0 Å². The molecule has 3 aromatic rings. The van der Waals surface area contributed by atoms with Crippen molar-refractivity contribution in [3.05, 3.63) is 36.4 Å². The molecule has 3 heterocycles. The van der Waals surface area contributed by atoms with E-state index in [0.717, 1.165) is 5.69 Å². The molecular weight excluding hydrogens is 220 g/mol. The van der Waals surface area contributed by atoms with Crippen molar-refractivity contribution in [1.29, 1.82) is 0 Å². The second-order valence-electron chi connectivity index (χ2n) is 3.31. The lowest BCUT2D eigenvalue weighted by Crippen LogP contribution is -2.07. The molecule has 0 bridgehead atoms. The van der Waals surface area contributed by atoms with Gasteiger partial charge in [-0.25, -0.2) is 0 Å². The SMILES string of the molecule is c1cnnc(CNc2cncc3nnnn23)c1.